The average Bonchev–Trinajstić information content (AvgIpc) is 3.28. The van der Waals surface area contributed by atoms with E-state index in [-0.39, 0.29) is 10.8 Å². The van der Waals surface area contributed by atoms with Crippen LogP contribution in [0.25, 0.3) is 22.5 Å². The molecule has 1 aromatic heterocycles. The van der Waals surface area contributed by atoms with E-state index in [1.807, 2.05) is 47.7 Å². The van der Waals surface area contributed by atoms with Crippen molar-refractivity contribution in [1.29, 1.82) is 0 Å². The van der Waals surface area contributed by atoms with Crippen LogP contribution in [0.3, 0.4) is 0 Å². The number of nitrogens with zero attached hydrogens (tertiary/aromatic N) is 2. The van der Waals surface area contributed by atoms with Crippen LogP contribution in [0.4, 0.5) is 0 Å². The number of hydrogen-bond acceptors (Lipinski definition) is 3. The Bertz CT molecular complexity index is 1280. The van der Waals surface area contributed by atoms with E-state index in [1.165, 1.54) is 12.1 Å². The quantitative estimate of drug-likeness (QED) is 0.609. The zero-order chi connectivity index (χ0) is 23.2. The summed E-state index contributed by atoms with van der Waals surface area (Å²) in [6.07, 6.45) is 0.986. The standard InChI is InChI=1S/C24H26ClN3O3S/c1-15-12-13-28(14-15)24(29)21-16(2)22(17-4-8-19(25)9-5-17)27(3)23(21)18-6-10-20(11-7-18)32(26,30)31/h4-11,15H,12-14H2,1-3H3,(H2,26,30,31). The molecule has 0 radical (unpaired) electrons. The second-order valence-electron chi connectivity index (χ2n) is 8.48. The molecule has 1 aliphatic rings. The minimum Gasteiger partial charge on any atom is -0.343 e. The first-order valence-electron chi connectivity index (χ1n) is 10.5. The first kappa shape index (κ1) is 22.6. The molecule has 0 aliphatic carbocycles. The lowest BCUT2D eigenvalue weighted by Crippen LogP contribution is -2.29. The third kappa shape index (κ3) is 4.08. The summed E-state index contributed by atoms with van der Waals surface area (Å²) in [5.74, 6) is 0.462. The highest BCUT2D eigenvalue weighted by Gasteiger charge is 2.31. The third-order valence-electron chi connectivity index (χ3n) is 6.14. The minimum absolute atomic E-state index is 0.00631. The predicted octanol–water partition coefficient (Wildman–Crippen LogP) is 4.45. The molecule has 1 atom stereocenters. The van der Waals surface area contributed by atoms with Gasteiger partial charge in [-0.3, -0.25) is 4.79 Å². The number of likely N-dealkylation sites (tertiary alicyclic amines) is 1. The van der Waals surface area contributed by atoms with E-state index in [9.17, 15) is 13.2 Å². The summed E-state index contributed by atoms with van der Waals surface area (Å²) in [5, 5.41) is 5.90. The normalized spacial score (nSPS) is 16.5. The molecule has 0 bridgehead atoms. The van der Waals surface area contributed by atoms with Crippen LogP contribution in [0.2, 0.25) is 5.02 Å². The lowest BCUT2D eigenvalue weighted by atomic mass is 10.0. The number of aromatic nitrogens is 1. The van der Waals surface area contributed by atoms with E-state index in [1.54, 1.807) is 12.1 Å². The van der Waals surface area contributed by atoms with Crippen LogP contribution in [0.5, 0.6) is 0 Å². The zero-order valence-corrected chi connectivity index (χ0v) is 19.9. The topological polar surface area (TPSA) is 85.4 Å². The SMILES string of the molecule is Cc1c(C(=O)N2CCC(C)C2)c(-c2ccc(S(N)(=O)=O)cc2)n(C)c1-c1ccc(Cl)cc1. The zero-order valence-electron chi connectivity index (χ0n) is 18.3. The van der Waals surface area contributed by atoms with Crippen LogP contribution >= 0.6 is 11.6 Å². The Morgan fingerprint density at radius 3 is 2.12 bits per heavy atom. The maximum absolute atomic E-state index is 13.7. The van der Waals surface area contributed by atoms with Crippen LogP contribution in [0.15, 0.2) is 53.4 Å². The molecule has 168 valence electrons. The van der Waals surface area contributed by atoms with Gasteiger partial charge in [-0.15, -0.1) is 0 Å². The molecule has 1 unspecified atom stereocenters. The van der Waals surface area contributed by atoms with Crippen molar-refractivity contribution in [3.05, 3.63) is 64.7 Å². The molecule has 1 saturated heterocycles. The third-order valence-corrected chi connectivity index (χ3v) is 7.32. The van der Waals surface area contributed by atoms with Crippen molar-refractivity contribution in [2.45, 2.75) is 25.2 Å². The molecule has 0 spiro atoms. The molecule has 3 aromatic rings. The van der Waals surface area contributed by atoms with Gasteiger partial charge in [0.25, 0.3) is 5.91 Å². The molecular weight excluding hydrogens is 446 g/mol. The molecule has 1 aliphatic heterocycles. The molecule has 2 aromatic carbocycles. The molecule has 0 saturated carbocycles. The molecule has 6 nitrogen and oxygen atoms in total. The Labute approximate surface area is 193 Å². The fourth-order valence-electron chi connectivity index (χ4n) is 4.52. The summed E-state index contributed by atoms with van der Waals surface area (Å²) >= 11 is 6.09. The van der Waals surface area contributed by atoms with Crippen molar-refractivity contribution in [2.75, 3.05) is 13.1 Å². The van der Waals surface area contributed by atoms with Crippen molar-refractivity contribution in [2.24, 2.45) is 18.1 Å². The summed E-state index contributed by atoms with van der Waals surface area (Å²) in [5.41, 5.74) is 4.88. The monoisotopic (exact) mass is 471 g/mol. The fraction of sp³-hybridized carbons (Fsp3) is 0.292. The second kappa shape index (κ2) is 8.39. The van der Waals surface area contributed by atoms with Crippen molar-refractivity contribution in [1.82, 2.24) is 9.47 Å². The number of hydrogen-bond donors (Lipinski definition) is 1. The van der Waals surface area contributed by atoms with Gasteiger partial charge in [0.1, 0.15) is 0 Å². The van der Waals surface area contributed by atoms with E-state index in [4.69, 9.17) is 16.7 Å². The number of sulfonamides is 1. The Hall–Kier alpha value is -2.61. The lowest BCUT2D eigenvalue weighted by molar-refractivity contribution is 0.0788. The minimum atomic E-state index is -3.80. The van der Waals surface area contributed by atoms with Crippen LogP contribution in [0, 0.1) is 12.8 Å². The summed E-state index contributed by atoms with van der Waals surface area (Å²) in [7, 11) is -1.88. The molecular formula is C24H26ClN3O3S. The van der Waals surface area contributed by atoms with Gasteiger partial charge < -0.3 is 9.47 Å². The van der Waals surface area contributed by atoms with Gasteiger partial charge in [0, 0.05) is 25.2 Å². The Morgan fingerprint density at radius 2 is 1.59 bits per heavy atom. The van der Waals surface area contributed by atoms with Crippen LogP contribution in [-0.2, 0) is 17.1 Å². The van der Waals surface area contributed by atoms with Crippen molar-refractivity contribution in [3.8, 4) is 22.5 Å². The predicted molar refractivity (Wildman–Crippen MR) is 127 cm³/mol. The number of benzene rings is 2. The van der Waals surface area contributed by atoms with E-state index in [0.29, 0.717) is 16.5 Å². The van der Waals surface area contributed by atoms with Crippen LogP contribution in [0.1, 0.15) is 29.3 Å². The second-order valence-corrected chi connectivity index (χ2v) is 10.5. The van der Waals surface area contributed by atoms with Crippen molar-refractivity contribution in [3.63, 3.8) is 0 Å². The lowest BCUT2D eigenvalue weighted by Gasteiger charge is -2.18. The van der Waals surface area contributed by atoms with E-state index >= 15 is 0 Å². The van der Waals surface area contributed by atoms with Gasteiger partial charge >= 0.3 is 0 Å². The number of halogens is 1. The maximum Gasteiger partial charge on any atom is 0.256 e. The average molecular weight is 472 g/mol. The van der Waals surface area contributed by atoms with Gasteiger partial charge in [-0.2, -0.15) is 0 Å². The van der Waals surface area contributed by atoms with Gasteiger partial charge in [0.15, 0.2) is 0 Å². The Morgan fingerprint density at radius 1 is 1.03 bits per heavy atom. The summed E-state index contributed by atoms with van der Waals surface area (Å²) in [4.78, 5) is 15.6. The van der Waals surface area contributed by atoms with Gasteiger partial charge in [0.2, 0.25) is 10.0 Å². The summed E-state index contributed by atoms with van der Waals surface area (Å²) in [6, 6.07) is 13.9. The highest BCUT2D eigenvalue weighted by molar-refractivity contribution is 7.89. The molecule has 32 heavy (non-hydrogen) atoms. The molecule has 1 fully saturated rings. The summed E-state index contributed by atoms with van der Waals surface area (Å²) in [6.45, 7) is 5.57. The molecule has 2 N–H and O–H groups in total. The van der Waals surface area contributed by atoms with E-state index < -0.39 is 10.0 Å². The van der Waals surface area contributed by atoms with Gasteiger partial charge in [-0.1, -0.05) is 42.8 Å². The molecule has 2 heterocycles. The van der Waals surface area contributed by atoms with Gasteiger partial charge in [-0.05, 0) is 60.2 Å². The maximum atomic E-state index is 13.7. The summed E-state index contributed by atoms with van der Waals surface area (Å²) < 4.78 is 25.4. The van der Waals surface area contributed by atoms with E-state index in [2.05, 4.69) is 6.92 Å². The first-order chi connectivity index (χ1) is 15.1. The Balaban J connectivity index is 1.91. The smallest absolute Gasteiger partial charge is 0.256 e. The fourth-order valence-corrected chi connectivity index (χ4v) is 5.17. The first-order valence-corrected chi connectivity index (χ1v) is 12.4. The van der Waals surface area contributed by atoms with Crippen molar-refractivity contribution >= 4 is 27.5 Å². The van der Waals surface area contributed by atoms with Gasteiger partial charge in [0.05, 0.1) is 21.8 Å². The highest BCUT2D eigenvalue weighted by atomic mass is 35.5. The number of primary sulfonamides is 1. The Kier molecular flexibility index (Phi) is 5.92. The molecule has 1 amide bonds. The number of amides is 1. The number of carbonyl (C=O) groups is 1. The molecule has 4 rings (SSSR count). The van der Waals surface area contributed by atoms with Crippen molar-refractivity contribution < 1.29 is 13.2 Å². The van der Waals surface area contributed by atoms with Gasteiger partial charge in [-0.25, -0.2) is 13.6 Å². The number of nitrogens with two attached hydrogens (primary N) is 1. The number of rotatable bonds is 4. The van der Waals surface area contributed by atoms with Crippen LogP contribution < -0.4 is 5.14 Å². The molecule has 8 heteroatoms. The highest BCUT2D eigenvalue weighted by Crippen LogP contribution is 2.38. The van der Waals surface area contributed by atoms with E-state index in [0.717, 1.165) is 47.6 Å². The largest absolute Gasteiger partial charge is 0.343 e. The van der Waals surface area contributed by atoms with Crippen LogP contribution in [-0.4, -0.2) is 36.9 Å². The number of carbonyl (C=O) groups excluding carboxylic acids is 1.